The Bertz CT molecular complexity index is 1430. The maximum absolute atomic E-state index is 11.8. The smallest absolute Gasteiger partial charge is 0.222 e. The van der Waals surface area contributed by atoms with Gasteiger partial charge in [-0.15, -0.1) is 11.8 Å². The molecule has 60 heavy (non-hydrogen) atoms. The molecule has 0 heterocycles. The first-order valence-corrected chi connectivity index (χ1v) is 21.2. The van der Waals surface area contributed by atoms with Crippen molar-refractivity contribution in [2.24, 2.45) is 0 Å². The molecule has 3 aromatic rings. The molecule has 0 fully saturated rings. The lowest BCUT2D eigenvalue weighted by Gasteiger charge is -2.11. The van der Waals surface area contributed by atoms with Crippen LogP contribution in [0.4, 0.5) is 17.1 Å². The number of anilines is 3. The van der Waals surface area contributed by atoms with Crippen molar-refractivity contribution in [3.63, 3.8) is 0 Å². The first-order valence-electron chi connectivity index (χ1n) is 20.0. The molecule has 0 radical (unpaired) electrons. The van der Waals surface area contributed by atoms with Gasteiger partial charge in [0.2, 0.25) is 12.3 Å². The summed E-state index contributed by atoms with van der Waals surface area (Å²) in [7, 11) is 4.01. The van der Waals surface area contributed by atoms with Crippen LogP contribution in [0.15, 0.2) is 77.7 Å². The lowest BCUT2D eigenvalue weighted by Crippen LogP contribution is -2.26. The summed E-state index contributed by atoms with van der Waals surface area (Å²) >= 11 is 1.72. The van der Waals surface area contributed by atoms with E-state index in [1.807, 2.05) is 85.9 Å². The van der Waals surface area contributed by atoms with Crippen LogP contribution in [0.3, 0.4) is 0 Å². The third kappa shape index (κ3) is 33.6. The van der Waals surface area contributed by atoms with E-state index in [0.717, 1.165) is 16.9 Å². The molecule has 0 aliphatic rings. The SMILES string of the molecule is CN(C)c1ccc(N)cc1.CSc1ccc(N)cc1.O=CNCCOCCOCCOCCOCCOCCOCCOCCOCCC(=O)NCCc1ccc(O)cc1. The minimum Gasteiger partial charge on any atom is -0.508 e. The van der Waals surface area contributed by atoms with Crippen molar-refractivity contribution in [3.05, 3.63) is 78.4 Å². The van der Waals surface area contributed by atoms with E-state index in [2.05, 4.69) is 10.6 Å². The normalized spacial score (nSPS) is 10.5. The Balaban J connectivity index is 0.000000760. The summed E-state index contributed by atoms with van der Waals surface area (Å²) in [5.74, 6) is 0.175. The minimum atomic E-state index is -0.0560. The number of nitrogens with one attached hydrogen (secondary N) is 2. The Morgan fingerprint density at radius 3 is 1.40 bits per heavy atom. The van der Waals surface area contributed by atoms with Crippen molar-refractivity contribution >= 4 is 41.1 Å². The van der Waals surface area contributed by atoms with Gasteiger partial charge < -0.3 is 70.0 Å². The van der Waals surface area contributed by atoms with Crippen LogP contribution >= 0.6 is 11.8 Å². The molecule has 0 spiro atoms. The van der Waals surface area contributed by atoms with Gasteiger partial charge in [0.15, 0.2) is 0 Å². The summed E-state index contributed by atoms with van der Waals surface area (Å²) in [5.41, 5.74) is 14.8. The maximum Gasteiger partial charge on any atom is 0.222 e. The number of nitrogens with zero attached hydrogens (tertiary/aromatic N) is 1. The molecule has 7 N–H and O–H groups in total. The molecule has 0 aliphatic carbocycles. The average Bonchev–Trinajstić information content (AvgIpc) is 3.25. The van der Waals surface area contributed by atoms with Crippen molar-refractivity contribution < 1.29 is 52.6 Å². The lowest BCUT2D eigenvalue weighted by molar-refractivity contribution is -0.122. The molecule has 0 bridgehead atoms. The van der Waals surface area contributed by atoms with Gasteiger partial charge in [0.1, 0.15) is 5.75 Å². The molecule has 0 saturated heterocycles. The summed E-state index contributed by atoms with van der Waals surface area (Å²) in [6.07, 6.45) is 3.70. The van der Waals surface area contributed by atoms with Crippen LogP contribution in [0.2, 0.25) is 0 Å². The van der Waals surface area contributed by atoms with Crippen LogP contribution in [0, 0.1) is 0 Å². The zero-order valence-corrected chi connectivity index (χ0v) is 36.5. The fraction of sp³-hybridized carbons (Fsp3) is 0.535. The van der Waals surface area contributed by atoms with Gasteiger partial charge in [-0.3, -0.25) is 9.59 Å². The number of phenolic OH excluding ortho intramolecular Hbond substituents is 1. The van der Waals surface area contributed by atoms with Crippen molar-refractivity contribution in [2.75, 3.05) is 156 Å². The highest BCUT2D eigenvalue weighted by molar-refractivity contribution is 7.98. The fourth-order valence-corrected chi connectivity index (χ4v) is 4.88. The molecule has 2 amide bonds. The summed E-state index contributed by atoms with van der Waals surface area (Å²) in [5, 5.41) is 14.6. The summed E-state index contributed by atoms with van der Waals surface area (Å²) in [6.45, 7) is 8.49. The Morgan fingerprint density at radius 2 is 1.00 bits per heavy atom. The molecular formula is C43H69N5O11S. The fourth-order valence-electron chi connectivity index (χ4n) is 4.47. The van der Waals surface area contributed by atoms with E-state index in [0.29, 0.717) is 138 Å². The van der Waals surface area contributed by atoms with E-state index < -0.39 is 0 Å². The molecule has 3 aromatic carbocycles. The number of aromatic hydroxyl groups is 1. The van der Waals surface area contributed by atoms with Gasteiger partial charge in [-0.05, 0) is 78.9 Å². The van der Waals surface area contributed by atoms with Crippen molar-refractivity contribution in [3.8, 4) is 5.75 Å². The second-order valence-electron chi connectivity index (χ2n) is 12.7. The van der Waals surface area contributed by atoms with Crippen molar-refractivity contribution in [1.29, 1.82) is 0 Å². The standard InChI is InChI=1S/C28H48N2O11.C8H12N2.C7H9NS/c31-25-29-8-10-35-12-14-37-16-18-39-20-22-41-24-23-40-21-19-38-17-15-36-13-11-34-9-6-28(33)30-7-5-26-1-3-27(32)4-2-26;1-10(2)8-5-3-7(9)4-6-8;1-9-7-4-2-6(8)3-5-7/h1-4,25,32H,5-24H2,(H,29,31)(H,30,33);3-6H,9H2,1-2H3;2-5H,8H2,1H3. The van der Waals surface area contributed by atoms with Crippen molar-refractivity contribution in [2.45, 2.75) is 17.7 Å². The number of amides is 2. The first-order chi connectivity index (χ1) is 29.2. The predicted octanol–water partition coefficient (Wildman–Crippen LogP) is 3.65. The largest absolute Gasteiger partial charge is 0.508 e. The van der Waals surface area contributed by atoms with Crippen LogP contribution in [0.1, 0.15) is 12.0 Å². The number of hydrogen-bond acceptors (Lipinski definition) is 15. The van der Waals surface area contributed by atoms with Gasteiger partial charge in [-0.25, -0.2) is 0 Å². The number of carbonyl (C=O) groups excluding carboxylic acids is 2. The minimum absolute atomic E-state index is 0.0560. The average molecular weight is 864 g/mol. The summed E-state index contributed by atoms with van der Waals surface area (Å²) in [6, 6.07) is 22.6. The molecule has 16 nitrogen and oxygen atoms in total. The Morgan fingerprint density at radius 1 is 0.600 bits per heavy atom. The molecular weight excluding hydrogens is 795 g/mol. The Labute approximate surface area is 360 Å². The van der Waals surface area contributed by atoms with Crippen molar-refractivity contribution in [1.82, 2.24) is 10.6 Å². The number of hydrogen-bond donors (Lipinski definition) is 5. The Kier molecular flexibility index (Phi) is 35.0. The number of ether oxygens (including phenoxy) is 8. The number of rotatable bonds is 33. The summed E-state index contributed by atoms with van der Waals surface area (Å²) in [4.78, 5) is 25.2. The molecule has 0 saturated carbocycles. The highest BCUT2D eigenvalue weighted by Gasteiger charge is 2.02. The van der Waals surface area contributed by atoms with Gasteiger partial charge in [0.25, 0.3) is 0 Å². The number of nitrogen functional groups attached to an aromatic ring is 2. The van der Waals surface area contributed by atoms with Crippen LogP contribution in [-0.4, -0.2) is 157 Å². The molecule has 17 heteroatoms. The highest BCUT2D eigenvalue weighted by Crippen LogP contribution is 2.15. The van der Waals surface area contributed by atoms with Gasteiger partial charge in [0, 0.05) is 55.6 Å². The first kappa shape index (κ1) is 53.8. The van der Waals surface area contributed by atoms with Crippen LogP contribution in [-0.2, 0) is 53.9 Å². The van der Waals surface area contributed by atoms with Crippen LogP contribution < -0.4 is 27.0 Å². The highest BCUT2D eigenvalue weighted by atomic mass is 32.2. The number of thioether (sulfide) groups is 1. The molecule has 0 unspecified atom stereocenters. The van der Waals surface area contributed by atoms with Gasteiger partial charge in [-0.1, -0.05) is 12.1 Å². The molecule has 3 rings (SSSR count). The van der Waals surface area contributed by atoms with E-state index >= 15 is 0 Å². The zero-order chi connectivity index (χ0) is 43.7. The predicted molar refractivity (Wildman–Crippen MR) is 238 cm³/mol. The van der Waals surface area contributed by atoms with Gasteiger partial charge in [-0.2, -0.15) is 0 Å². The zero-order valence-electron chi connectivity index (χ0n) is 35.7. The number of benzene rings is 3. The molecule has 0 aliphatic heterocycles. The summed E-state index contributed by atoms with van der Waals surface area (Å²) < 4.78 is 43.2. The maximum atomic E-state index is 11.8. The quantitative estimate of drug-likeness (QED) is 0.0257. The second-order valence-corrected chi connectivity index (χ2v) is 13.6. The molecule has 0 atom stereocenters. The number of nitrogens with two attached hydrogens (primary N) is 2. The van der Waals surface area contributed by atoms with E-state index in [4.69, 9.17) is 49.4 Å². The third-order valence-electron chi connectivity index (χ3n) is 7.75. The number of carbonyl (C=O) groups is 2. The van der Waals surface area contributed by atoms with Gasteiger partial charge >= 0.3 is 0 Å². The lowest BCUT2D eigenvalue weighted by atomic mass is 10.1. The molecule has 338 valence electrons. The van der Waals surface area contributed by atoms with E-state index in [1.54, 1.807) is 23.9 Å². The second kappa shape index (κ2) is 39.0. The number of phenols is 1. The molecule has 0 aromatic heterocycles. The Hall–Kier alpha value is -4.17. The van der Waals surface area contributed by atoms with Crippen LogP contribution in [0.5, 0.6) is 5.75 Å². The van der Waals surface area contributed by atoms with E-state index in [-0.39, 0.29) is 11.7 Å². The third-order valence-corrected chi connectivity index (χ3v) is 8.49. The monoisotopic (exact) mass is 863 g/mol. The van der Waals surface area contributed by atoms with E-state index in [9.17, 15) is 14.7 Å². The van der Waals surface area contributed by atoms with Gasteiger partial charge in [0.05, 0.1) is 106 Å². The van der Waals surface area contributed by atoms with E-state index in [1.165, 1.54) is 10.6 Å². The van der Waals surface area contributed by atoms with Crippen LogP contribution in [0.25, 0.3) is 0 Å². The topological polar surface area (TPSA) is 208 Å².